The van der Waals surface area contributed by atoms with Crippen molar-refractivity contribution in [2.45, 2.75) is 290 Å². The van der Waals surface area contributed by atoms with Crippen molar-refractivity contribution in [3.05, 3.63) is 0 Å². The number of carboxylic acid groups (broad SMARTS) is 6. The molecule has 0 bridgehead atoms. The molecule has 0 radical (unpaired) electrons. The smallest absolute Gasteiger partial charge is 0.550 e. The quantitative estimate of drug-likeness (QED) is 0.0529. The van der Waals surface area contributed by atoms with Gasteiger partial charge in [-0.3, -0.25) is 13.7 Å². The van der Waals surface area contributed by atoms with Gasteiger partial charge >= 0.3 is 34.7 Å². The van der Waals surface area contributed by atoms with Gasteiger partial charge in [0.15, 0.2) is 0 Å². The van der Waals surface area contributed by atoms with E-state index in [4.69, 9.17) is 0 Å². The molecule has 0 aromatic heterocycles. The zero-order valence-electron chi connectivity index (χ0n) is 54.0. The van der Waals surface area contributed by atoms with Crippen LogP contribution in [-0.2, 0) is 59.1 Å². The molecular weight excluding hydrogens is 1210 g/mol. The van der Waals surface area contributed by atoms with E-state index in [0.29, 0.717) is 77.0 Å². The Morgan fingerprint density at radius 3 is 0.570 bits per heavy atom. The first-order chi connectivity index (χ1) is 39.0. The number of unbranched alkanes of at least 4 members (excludes halogenated alkanes) is 6. The molecule has 12 unspecified atom stereocenters. The van der Waals surface area contributed by atoms with Gasteiger partial charge in [0.05, 0.1) is 17.9 Å². The van der Waals surface area contributed by atoms with Crippen molar-refractivity contribution in [3.8, 4) is 0 Å². The van der Waals surface area contributed by atoms with E-state index in [2.05, 4.69) is 0 Å². The number of hydrogen-bond acceptors (Lipinski definition) is 18. The molecule has 0 aromatic rings. The van der Waals surface area contributed by atoms with Gasteiger partial charge in [-0.15, -0.1) is 0 Å². The molecule has 0 aliphatic rings. The summed E-state index contributed by atoms with van der Waals surface area (Å²) in [7, 11) is -15.8. The van der Waals surface area contributed by atoms with Gasteiger partial charge in [-0.05, 0) is 74.0 Å². The van der Waals surface area contributed by atoms with Crippen molar-refractivity contribution < 1.29 is 98.3 Å². The second kappa shape index (κ2) is 46.6. The molecule has 498 valence electrons. The Bertz CT molecular complexity index is 2020. The normalized spacial score (nSPS) is 17.1. The van der Waals surface area contributed by atoms with Crippen LogP contribution in [0.4, 0.5) is 0 Å². The van der Waals surface area contributed by atoms with Crippen LogP contribution < -0.4 is 30.6 Å². The minimum absolute atomic E-state index is 0. The fourth-order valence-electron chi connectivity index (χ4n) is 11.8. The third-order valence-corrected chi connectivity index (χ3v) is 22.3. The maximum absolute atomic E-state index is 12.3. The molecule has 0 saturated carbocycles. The van der Waals surface area contributed by atoms with Crippen molar-refractivity contribution in [1.29, 1.82) is 0 Å². The maximum atomic E-state index is 12.3. The molecule has 0 fully saturated rings. The fourth-order valence-corrected chi connectivity index (χ4v) is 15.4. The molecule has 0 aromatic carbocycles. The Hall–Kier alpha value is -2.39. The van der Waals surface area contributed by atoms with E-state index in [1.807, 2.05) is 62.3 Å². The summed E-state index contributed by atoms with van der Waals surface area (Å²) in [4.78, 5) is 72.0. The molecule has 26 heteroatoms. The van der Waals surface area contributed by atoms with Gasteiger partial charge in [0.1, 0.15) is 14.2 Å². The Morgan fingerprint density at radius 2 is 0.465 bits per heavy atom. The minimum atomic E-state index is -5.26. The van der Waals surface area contributed by atoms with Gasteiger partial charge < -0.3 is 59.4 Å². The third kappa shape index (κ3) is 28.8. The zero-order valence-corrected chi connectivity index (χ0v) is 58.7. The number of carboxylic acids is 6. The predicted octanol–water partition coefficient (Wildman–Crippen LogP) is 5.06. The number of carbonyl (C=O) groups excluding carboxylic acids is 6. The summed E-state index contributed by atoms with van der Waals surface area (Å²) in [5, 5.41) is 72.0. The zero-order chi connectivity index (χ0) is 65.9. The van der Waals surface area contributed by atoms with Crippen LogP contribution in [0.1, 0.15) is 276 Å². The van der Waals surface area contributed by atoms with Crippen LogP contribution >= 0.6 is 0 Å². The second-order valence-corrected chi connectivity index (χ2v) is 28.4. The summed E-state index contributed by atoms with van der Waals surface area (Å²) in [6.45, 7) is 22.7. The average molecular weight is 1320 g/mol. The van der Waals surface area contributed by atoms with Crippen LogP contribution in [0.3, 0.4) is 0 Å². The molecule has 0 amide bonds. The van der Waals surface area contributed by atoms with Crippen molar-refractivity contribution in [2.24, 2.45) is 53.3 Å². The minimum Gasteiger partial charge on any atom is -0.550 e. The molecule has 0 heterocycles. The molecule has 21 nitrogen and oxygen atoms in total. The van der Waals surface area contributed by atoms with Crippen LogP contribution in [-0.4, -0.2) is 124 Å². The molecular formula is C60H108Al2O21S3. The molecule has 0 rings (SSSR count). The Balaban J connectivity index is -0.000000377. The van der Waals surface area contributed by atoms with Crippen molar-refractivity contribution in [2.75, 3.05) is 0 Å². The summed E-state index contributed by atoms with van der Waals surface area (Å²) < 4.78 is 94.8. The summed E-state index contributed by atoms with van der Waals surface area (Å²) in [5.41, 5.74) is 0. The first-order valence-corrected chi connectivity index (χ1v) is 35.5. The number of carbonyl (C=O) groups is 6. The largest absolute Gasteiger partial charge is 3.00 e. The molecule has 0 saturated heterocycles. The van der Waals surface area contributed by atoms with Crippen molar-refractivity contribution in [1.82, 2.24) is 0 Å². The van der Waals surface area contributed by atoms with E-state index < -0.39 is 117 Å². The summed E-state index contributed by atoms with van der Waals surface area (Å²) in [6, 6.07) is 0. The standard InChI is InChI=1S/3C20H38O7S.2Al/c3*1-5-9-11-15(7-3)13-17(18(21)22)20(19(23)24,28(25,26)27)14-16(8-4)12-10-6-2;;/h3*15-17H,5-14H2,1-4H3,(H,21,22)(H,23,24)(H,25,26,27);;/q;;;2*+3/p-6. The molecule has 12 atom stereocenters. The number of hydrogen-bond donors (Lipinski definition) is 3. The maximum Gasteiger partial charge on any atom is 3.00 e. The second-order valence-electron chi connectivity index (χ2n) is 23.4. The molecule has 3 N–H and O–H groups in total. The van der Waals surface area contributed by atoms with Crippen molar-refractivity contribution >= 4 is 101 Å². The van der Waals surface area contributed by atoms with Crippen LogP contribution in [0, 0.1) is 53.3 Å². The van der Waals surface area contributed by atoms with Crippen LogP contribution in [0.25, 0.3) is 0 Å². The van der Waals surface area contributed by atoms with E-state index in [1.165, 1.54) is 0 Å². The van der Waals surface area contributed by atoms with Crippen LogP contribution in [0.15, 0.2) is 0 Å². The summed E-state index contributed by atoms with van der Waals surface area (Å²) >= 11 is 0. The molecule has 86 heavy (non-hydrogen) atoms. The SMILES string of the molecule is CCCCC(CC)CC(C(=O)[O-])C(CC(CC)CCCC)(C(=O)[O-])S(=O)(=O)O.CCCCC(CC)CC(C(=O)[O-])C(CC(CC)CCCC)(C(=O)[O-])S(=O)(=O)O.CCCCC(CC)CC(C(=O)[O-])C(CC(CC)CCCC)(C(=O)[O-])S(=O)(=O)O.[Al+3].[Al+3]. The predicted molar refractivity (Wildman–Crippen MR) is 322 cm³/mol. The molecule has 0 aliphatic heterocycles. The Kier molecular flexibility index (Phi) is 50.1. The van der Waals surface area contributed by atoms with E-state index >= 15 is 0 Å². The van der Waals surface area contributed by atoms with E-state index in [0.717, 1.165) is 77.0 Å². The van der Waals surface area contributed by atoms with Crippen molar-refractivity contribution in [3.63, 3.8) is 0 Å². The van der Waals surface area contributed by atoms with Gasteiger partial charge in [-0.2, -0.15) is 25.3 Å². The monoisotopic (exact) mass is 1310 g/mol. The number of rotatable bonds is 48. The first-order valence-electron chi connectivity index (χ1n) is 31.2. The van der Waals surface area contributed by atoms with Gasteiger partial charge in [0, 0.05) is 35.7 Å². The van der Waals surface area contributed by atoms with E-state index in [1.54, 1.807) is 20.8 Å². The van der Waals surface area contributed by atoms with Gasteiger partial charge in [-0.1, -0.05) is 237 Å². The summed E-state index contributed by atoms with van der Waals surface area (Å²) in [6.07, 6.45) is 14.5. The first kappa shape index (κ1) is 92.3. The number of aliphatic carboxylic acids is 6. The third-order valence-electron chi connectivity index (χ3n) is 17.7. The Morgan fingerprint density at radius 1 is 0.314 bits per heavy atom. The van der Waals surface area contributed by atoms with Gasteiger partial charge in [0.25, 0.3) is 30.4 Å². The van der Waals surface area contributed by atoms with Crippen LogP contribution in [0.2, 0.25) is 0 Å². The summed E-state index contributed by atoms with van der Waals surface area (Å²) in [5.74, 6) is -18.8. The average Bonchev–Trinajstić information content (AvgIpc) is 0.941. The Labute approximate surface area is 539 Å². The van der Waals surface area contributed by atoms with Gasteiger partial charge in [-0.25, -0.2) is 0 Å². The van der Waals surface area contributed by atoms with Crippen LogP contribution in [0.5, 0.6) is 0 Å². The topological polar surface area (TPSA) is 404 Å². The van der Waals surface area contributed by atoms with Gasteiger partial charge in [0.2, 0.25) is 0 Å². The molecule has 0 spiro atoms. The molecule has 0 aliphatic carbocycles. The fraction of sp³-hybridized carbons (Fsp3) is 0.900. The van der Waals surface area contributed by atoms with E-state index in [9.17, 15) is 98.3 Å². The van der Waals surface area contributed by atoms with E-state index in [-0.39, 0.29) is 89.5 Å².